The SMILES string of the molecule is COOSCCc1cccc(C=O)c1. The molecule has 0 aromatic heterocycles. The number of rotatable bonds is 6. The molecule has 1 rings (SSSR count). The van der Waals surface area contributed by atoms with Gasteiger partial charge in [-0.2, -0.15) is 4.33 Å². The largest absolute Gasteiger partial charge is 0.298 e. The van der Waals surface area contributed by atoms with Crippen LogP contribution in [0.5, 0.6) is 0 Å². The van der Waals surface area contributed by atoms with Gasteiger partial charge in [0, 0.05) is 23.4 Å². The second kappa shape index (κ2) is 6.59. The maximum Gasteiger partial charge on any atom is 0.150 e. The van der Waals surface area contributed by atoms with Crippen LogP contribution in [0.3, 0.4) is 0 Å². The van der Waals surface area contributed by atoms with Gasteiger partial charge in [0.15, 0.2) is 0 Å². The average molecular weight is 212 g/mol. The third-order valence-corrected chi connectivity index (χ3v) is 2.28. The molecule has 0 unspecified atom stereocenters. The first kappa shape index (κ1) is 11.2. The Balaban J connectivity index is 2.38. The van der Waals surface area contributed by atoms with Gasteiger partial charge in [-0.25, -0.2) is 4.89 Å². The van der Waals surface area contributed by atoms with E-state index in [2.05, 4.69) is 9.22 Å². The van der Waals surface area contributed by atoms with E-state index in [-0.39, 0.29) is 0 Å². The Labute approximate surface area is 87.5 Å². The van der Waals surface area contributed by atoms with E-state index in [0.717, 1.165) is 24.0 Å². The van der Waals surface area contributed by atoms with Crippen molar-refractivity contribution in [3.8, 4) is 0 Å². The van der Waals surface area contributed by atoms with Gasteiger partial charge in [-0.1, -0.05) is 18.2 Å². The van der Waals surface area contributed by atoms with E-state index < -0.39 is 0 Å². The normalized spacial score (nSPS) is 10.1. The van der Waals surface area contributed by atoms with E-state index in [9.17, 15) is 4.79 Å². The first-order valence-corrected chi connectivity index (χ1v) is 5.14. The topological polar surface area (TPSA) is 35.5 Å². The Kier molecular flexibility index (Phi) is 5.29. The van der Waals surface area contributed by atoms with Crippen molar-refractivity contribution >= 4 is 18.3 Å². The van der Waals surface area contributed by atoms with Gasteiger partial charge in [0.1, 0.15) is 6.29 Å². The van der Waals surface area contributed by atoms with E-state index in [4.69, 9.17) is 0 Å². The van der Waals surface area contributed by atoms with Gasteiger partial charge in [0.25, 0.3) is 0 Å². The third-order valence-electron chi connectivity index (χ3n) is 1.68. The van der Waals surface area contributed by atoms with Gasteiger partial charge in [-0.15, -0.1) is 0 Å². The van der Waals surface area contributed by atoms with Crippen molar-refractivity contribution in [2.75, 3.05) is 12.9 Å². The molecule has 0 N–H and O–H groups in total. The molecule has 3 nitrogen and oxygen atoms in total. The summed E-state index contributed by atoms with van der Waals surface area (Å²) in [7, 11) is 1.47. The van der Waals surface area contributed by atoms with E-state index in [1.54, 1.807) is 6.07 Å². The van der Waals surface area contributed by atoms with Crippen LogP contribution < -0.4 is 0 Å². The minimum atomic E-state index is 0.708. The van der Waals surface area contributed by atoms with Gasteiger partial charge >= 0.3 is 0 Å². The van der Waals surface area contributed by atoms with Crippen LogP contribution in [0.4, 0.5) is 0 Å². The summed E-state index contributed by atoms with van der Waals surface area (Å²) < 4.78 is 4.66. The Bertz CT molecular complexity index is 288. The molecule has 0 fully saturated rings. The van der Waals surface area contributed by atoms with Crippen molar-refractivity contribution in [3.63, 3.8) is 0 Å². The highest BCUT2D eigenvalue weighted by atomic mass is 32.2. The Morgan fingerprint density at radius 1 is 1.50 bits per heavy atom. The van der Waals surface area contributed by atoms with Gasteiger partial charge in [-0.3, -0.25) is 4.79 Å². The molecule has 0 spiro atoms. The highest BCUT2D eigenvalue weighted by Gasteiger charge is 1.96. The molecule has 0 saturated carbocycles. The van der Waals surface area contributed by atoms with E-state index >= 15 is 0 Å². The lowest BCUT2D eigenvalue weighted by atomic mass is 10.1. The first-order chi connectivity index (χ1) is 6.86. The predicted octanol–water partition coefficient (Wildman–Crippen LogP) is 2.27. The molecule has 0 aliphatic rings. The van der Waals surface area contributed by atoms with Gasteiger partial charge < -0.3 is 0 Å². The molecule has 14 heavy (non-hydrogen) atoms. The van der Waals surface area contributed by atoms with Crippen LogP contribution in [0.25, 0.3) is 0 Å². The van der Waals surface area contributed by atoms with Crippen molar-refractivity contribution in [1.29, 1.82) is 0 Å². The van der Waals surface area contributed by atoms with Crippen molar-refractivity contribution in [2.45, 2.75) is 6.42 Å². The number of benzene rings is 1. The number of carbonyl (C=O) groups is 1. The monoisotopic (exact) mass is 212 g/mol. The molecule has 0 atom stereocenters. The summed E-state index contributed by atoms with van der Waals surface area (Å²) in [4.78, 5) is 14.9. The Hall–Kier alpha value is -0.840. The van der Waals surface area contributed by atoms with Crippen LogP contribution in [0.2, 0.25) is 0 Å². The molecule has 1 aromatic rings. The standard InChI is InChI=1S/C10H12O3S/c1-12-13-14-6-5-9-3-2-4-10(7-9)8-11/h2-4,7-8H,5-6H2,1H3. The minimum absolute atomic E-state index is 0.708. The molecule has 0 aliphatic carbocycles. The lowest BCUT2D eigenvalue weighted by Crippen LogP contribution is -1.91. The summed E-state index contributed by atoms with van der Waals surface area (Å²) in [6, 6.07) is 7.52. The smallest absolute Gasteiger partial charge is 0.150 e. The highest BCUT2D eigenvalue weighted by Crippen LogP contribution is 2.09. The van der Waals surface area contributed by atoms with Crippen molar-refractivity contribution in [1.82, 2.24) is 0 Å². The molecule has 0 amide bonds. The molecule has 1 aromatic carbocycles. The summed E-state index contributed by atoms with van der Waals surface area (Å²) in [5, 5.41) is 0. The molecular formula is C10H12O3S. The lowest BCUT2D eigenvalue weighted by molar-refractivity contribution is -0.160. The summed E-state index contributed by atoms with van der Waals surface area (Å²) in [6.45, 7) is 0. The summed E-state index contributed by atoms with van der Waals surface area (Å²) in [5.74, 6) is 0.802. The average Bonchev–Trinajstić information content (AvgIpc) is 2.25. The van der Waals surface area contributed by atoms with Crippen molar-refractivity contribution < 1.29 is 14.0 Å². The second-order valence-electron chi connectivity index (χ2n) is 2.67. The summed E-state index contributed by atoms with van der Waals surface area (Å²) >= 11 is 1.25. The van der Waals surface area contributed by atoms with Gasteiger partial charge in [0.05, 0.1) is 7.11 Å². The fraction of sp³-hybridized carbons (Fsp3) is 0.300. The van der Waals surface area contributed by atoms with Crippen LogP contribution in [-0.4, -0.2) is 19.1 Å². The molecule has 0 radical (unpaired) electrons. The fourth-order valence-electron chi connectivity index (χ4n) is 1.06. The highest BCUT2D eigenvalue weighted by molar-refractivity contribution is 7.94. The number of carbonyl (C=O) groups excluding carboxylic acids is 1. The molecule has 0 bridgehead atoms. The number of aryl methyl sites for hydroxylation is 1. The predicted molar refractivity (Wildman–Crippen MR) is 56.1 cm³/mol. The molecular weight excluding hydrogens is 200 g/mol. The van der Waals surface area contributed by atoms with E-state index in [1.165, 1.54) is 19.2 Å². The van der Waals surface area contributed by atoms with Gasteiger partial charge in [0.2, 0.25) is 0 Å². The van der Waals surface area contributed by atoms with Gasteiger partial charge in [-0.05, 0) is 18.1 Å². The van der Waals surface area contributed by atoms with Crippen LogP contribution in [0.15, 0.2) is 24.3 Å². The maximum absolute atomic E-state index is 10.5. The van der Waals surface area contributed by atoms with Crippen molar-refractivity contribution in [3.05, 3.63) is 35.4 Å². The maximum atomic E-state index is 10.5. The quantitative estimate of drug-likeness (QED) is 0.238. The zero-order valence-corrected chi connectivity index (χ0v) is 8.75. The molecule has 4 heteroatoms. The van der Waals surface area contributed by atoms with Crippen LogP contribution in [0, 0.1) is 0 Å². The van der Waals surface area contributed by atoms with Crippen molar-refractivity contribution in [2.24, 2.45) is 0 Å². The lowest BCUT2D eigenvalue weighted by Gasteiger charge is -2.00. The Morgan fingerprint density at radius 3 is 3.07 bits per heavy atom. The number of aldehydes is 1. The Morgan fingerprint density at radius 2 is 2.36 bits per heavy atom. The summed E-state index contributed by atoms with van der Waals surface area (Å²) in [6.07, 6.45) is 1.71. The zero-order chi connectivity index (χ0) is 10.2. The molecule has 0 heterocycles. The minimum Gasteiger partial charge on any atom is -0.298 e. The fourth-order valence-corrected chi connectivity index (χ4v) is 1.55. The summed E-state index contributed by atoms with van der Waals surface area (Å²) in [5.41, 5.74) is 1.84. The molecule has 76 valence electrons. The van der Waals surface area contributed by atoms with Crippen LogP contribution >= 0.6 is 12.0 Å². The number of hydrogen-bond acceptors (Lipinski definition) is 4. The number of hydrogen-bond donors (Lipinski definition) is 0. The van der Waals surface area contributed by atoms with E-state index in [0.29, 0.717) is 5.56 Å². The molecule has 0 aliphatic heterocycles. The van der Waals surface area contributed by atoms with Crippen LogP contribution in [0.1, 0.15) is 15.9 Å². The molecule has 0 saturated heterocycles. The zero-order valence-electron chi connectivity index (χ0n) is 7.93. The third kappa shape index (κ3) is 3.91. The first-order valence-electron chi connectivity index (χ1n) is 4.23. The van der Waals surface area contributed by atoms with E-state index in [1.807, 2.05) is 18.2 Å². The second-order valence-corrected chi connectivity index (χ2v) is 3.45. The van der Waals surface area contributed by atoms with Crippen LogP contribution in [-0.2, 0) is 15.6 Å².